The number of ether oxygens (including phenoxy) is 2. The van der Waals surface area contributed by atoms with Gasteiger partial charge in [-0.15, -0.1) is 0 Å². The number of hydrogen-bond donors (Lipinski definition) is 2. The molecule has 2 aliphatic rings. The van der Waals surface area contributed by atoms with E-state index in [-0.39, 0.29) is 18.0 Å². The fourth-order valence-corrected chi connectivity index (χ4v) is 6.43. The van der Waals surface area contributed by atoms with Gasteiger partial charge < -0.3 is 19.7 Å². The first-order valence-corrected chi connectivity index (χ1v) is 14.8. The number of fused-ring (bicyclic) bond motifs is 2. The summed E-state index contributed by atoms with van der Waals surface area (Å²) in [6.07, 6.45) is 3.10. The Morgan fingerprint density at radius 3 is 2.70 bits per heavy atom. The minimum Gasteiger partial charge on any atom is -0.472 e. The molecule has 2 aromatic heterocycles. The number of likely N-dealkylation sites (tertiary alicyclic amines) is 1. The number of H-pyrrole nitrogens is 1. The smallest absolute Gasteiger partial charge is 0.417 e. The van der Waals surface area contributed by atoms with Crippen LogP contribution in [-0.2, 0) is 12.1 Å². The van der Waals surface area contributed by atoms with E-state index in [1.807, 2.05) is 61.8 Å². The first kappa shape index (κ1) is 28.5. The fraction of sp³-hybridized carbons (Fsp3) is 0.394. The summed E-state index contributed by atoms with van der Waals surface area (Å²) in [7, 11) is 0. The Labute approximate surface area is 251 Å². The van der Waals surface area contributed by atoms with Crippen molar-refractivity contribution in [1.29, 1.82) is 0 Å². The van der Waals surface area contributed by atoms with Crippen LogP contribution in [0.25, 0.3) is 10.9 Å². The van der Waals surface area contributed by atoms with E-state index < -0.39 is 17.2 Å². The predicted molar refractivity (Wildman–Crippen MR) is 164 cm³/mol. The van der Waals surface area contributed by atoms with Gasteiger partial charge in [-0.1, -0.05) is 37.3 Å². The lowest BCUT2D eigenvalue weighted by atomic mass is 9.75. The Bertz CT molecular complexity index is 1680. The molecular formula is C33H38N6O4. The number of urea groups is 1. The highest BCUT2D eigenvalue weighted by Crippen LogP contribution is 2.44. The summed E-state index contributed by atoms with van der Waals surface area (Å²) in [5.74, 6) is 0.558. The van der Waals surface area contributed by atoms with Crippen LogP contribution in [-0.4, -0.2) is 55.3 Å². The molecule has 2 atom stereocenters. The zero-order valence-corrected chi connectivity index (χ0v) is 25.3. The number of nitrogens with zero attached hydrogens (tertiary/aromatic N) is 4. The number of piperidine rings is 1. The van der Waals surface area contributed by atoms with Gasteiger partial charge in [0.25, 0.3) is 0 Å². The van der Waals surface area contributed by atoms with Crippen LogP contribution in [0, 0.1) is 6.92 Å². The first-order valence-electron chi connectivity index (χ1n) is 14.8. The van der Waals surface area contributed by atoms with E-state index in [1.54, 1.807) is 24.4 Å². The van der Waals surface area contributed by atoms with Gasteiger partial charge in [0.15, 0.2) is 0 Å². The molecule has 0 radical (unpaired) electrons. The molecule has 2 aromatic carbocycles. The third kappa shape index (κ3) is 5.49. The summed E-state index contributed by atoms with van der Waals surface area (Å²) in [5, 5.41) is 11.4. The van der Waals surface area contributed by atoms with E-state index in [2.05, 4.69) is 39.6 Å². The van der Waals surface area contributed by atoms with Crippen molar-refractivity contribution in [2.75, 3.05) is 11.9 Å². The van der Waals surface area contributed by atoms with Crippen LogP contribution in [0.15, 0.2) is 60.8 Å². The molecule has 1 fully saturated rings. The highest BCUT2D eigenvalue weighted by molar-refractivity contribution is 5.92. The molecule has 43 heavy (non-hydrogen) atoms. The number of nitrogens with one attached hydrogen (secondary N) is 2. The van der Waals surface area contributed by atoms with Gasteiger partial charge in [-0.05, 0) is 75.8 Å². The van der Waals surface area contributed by atoms with Crippen molar-refractivity contribution < 1.29 is 19.1 Å². The van der Waals surface area contributed by atoms with Gasteiger partial charge >= 0.3 is 12.1 Å². The van der Waals surface area contributed by atoms with Crippen molar-refractivity contribution in [3.8, 4) is 11.8 Å². The third-order valence-corrected chi connectivity index (χ3v) is 8.47. The molecule has 3 amide bonds. The Hall–Kier alpha value is -4.60. The molecule has 0 saturated carbocycles. The molecule has 224 valence electrons. The number of carbonyl (C=O) groups is 2. The topological polar surface area (TPSA) is 113 Å². The predicted octanol–water partition coefficient (Wildman–Crippen LogP) is 6.76. The highest BCUT2D eigenvalue weighted by atomic mass is 16.6. The zero-order valence-electron chi connectivity index (χ0n) is 25.3. The number of amides is 3. The molecule has 4 aromatic rings. The quantitative estimate of drug-likeness (QED) is 0.269. The Kier molecular flexibility index (Phi) is 7.23. The number of rotatable bonds is 5. The molecule has 10 nitrogen and oxygen atoms in total. The van der Waals surface area contributed by atoms with Gasteiger partial charge in [0.1, 0.15) is 5.60 Å². The van der Waals surface area contributed by atoms with Crippen LogP contribution in [0.3, 0.4) is 0 Å². The summed E-state index contributed by atoms with van der Waals surface area (Å²) in [4.78, 5) is 35.6. The molecule has 2 aliphatic heterocycles. The summed E-state index contributed by atoms with van der Waals surface area (Å²) in [6, 6.07) is 17.1. The van der Waals surface area contributed by atoms with Crippen molar-refractivity contribution in [1.82, 2.24) is 25.0 Å². The second-order valence-corrected chi connectivity index (χ2v) is 12.4. The van der Waals surface area contributed by atoms with E-state index in [0.717, 1.165) is 33.3 Å². The van der Waals surface area contributed by atoms with Gasteiger partial charge in [-0.25, -0.2) is 9.59 Å². The Morgan fingerprint density at radius 2 is 1.91 bits per heavy atom. The van der Waals surface area contributed by atoms with Gasteiger partial charge in [-0.3, -0.25) is 10.00 Å². The molecular weight excluding hydrogens is 544 g/mol. The zero-order chi connectivity index (χ0) is 30.4. The lowest BCUT2D eigenvalue weighted by molar-refractivity contribution is 0.0106. The largest absolute Gasteiger partial charge is 0.472 e. The molecule has 1 saturated heterocycles. The van der Waals surface area contributed by atoms with Crippen LogP contribution in [0.2, 0.25) is 0 Å². The molecule has 6 rings (SSSR count). The van der Waals surface area contributed by atoms with Gasteiger partial charge in [0, 0.05) is 42.3 Å². The van der Waals surface area contributed by atoms with Crippen LogP contribution in [0.4, 0.5) is 15.3 Å². The van der Waals surface area contributed by atoms with E-state index in [4.69, 9.17) is 9.47 Å². The van der Waals surface area contributed by atoms with Gasteiger partial charge in [0.2, 0.25) is 11.8 Å². The second-order valence-electron chi connectivity index (χ2n) is 12.4. The number of carbonyl (C=O) groups excluding carboxylic acids is 2. The maximum Gasteiger partial charge on any atom is 0.417 e. The van der Waals surface area contributed by atoms with Crippen molar-refractivity contribution in [2.45, 2.75) is 77.6 Å². The normalized spacial score (nSPS) is 20.5. The van der Waals surface area contributed by atoms with E-state index in [0.29, 0.717) is 38.2 Å². The summed E-state index contributed by atoms with van der Waals surface area (Å²) in [6.45, 7) is 10.9. The number of aryl methyl sites for hydroxylation is 1. The minimum atomic E-state index is -0.743. The third-order valence-electron chi connectivity index (χ3n) is 8.47. The average Bonchev–Trinajstić information content (AvgIpc) is 3.45. The average molecular weight is 583 g/mol. The van der Waals surface area contributed by atoms with E-state index in [9.17, 15) is 9.59 Å². The molecule has 0 bridgehead atoms. The SMILES string of the molecule is CCC1(c2cc(C)c3[nH]ncc3c2)CC(N2Cc3ccccc3NC2=O)CCN1C(=O)Oc1cccc(OC(C)(C)C)n1. The second kappa shape index (κ2) is 10.9. The number of benzene rings is 2. The van der Waals surface area contributed by atoms with Crippen molar-refractivity contribution in [3.05, 3.63) is 77.5 Å². The first-order chi connectivity index (χ1) is 20.6. The van der Waals surface area contributed by atoms with Crippen molar-refractivity contribution >= 4 is 28.7 Å². The fourth-order valence-electron chi connectivity index (χ4n) is 6.43. The van der Waals surface area contributed by atoms with Crippen molar-refractivity contribution in [3.63, 3.8) is 0 Å². The highest BCUT2D eigenvalue weighted by Gasteiger charge is 2.48. The van der Waals surface area contributed by atoms with Crippen LogP contribution < -0.4 is 14.8 Å². The van der Waals surface area contributed by atoms with Crippen molar-refractivity contribution in [2.24, 2.45) is 0 Å². The lowest BCUT2D eigenvalue weighted by Crippen LogP contribution is -2.60. The Balaban J connectivity index is 1.35. The lowest BCUT2D eigenvalue weighted by Gasteiger charge is -2.51. The number of aromatic nitrogens is 3. The number of aromatic amines is 1. The number of hydrogen-bond acceptors (Lipinski definition) is 6. The molecule has 0 spiro atoms. The van der Waals surface area contributed by atoms with Crippen LogP contribution >= 0.6 is 0 Å². The van der Waals surface area contributed by atoms with Crippen LogP contribution in [0.5, 0.6) is 11.8 Å². The van der Waals surface area contributed by atoms with Gasteiger partial charge in [0.05, 0.1) is 17.3 Å². The monoisotopic (exact) mass is 582 g/mol. The molecule has 0 aliphatic carbocycles. The number of anilines is 1. The molecule has 10 heteroatoms. The molecule has 2 N–H and O–H groups in total. The molecule has 4 heterocycles. The standard InChI is InChI=1S/C33H38N6O4/c1-6-33(24-16-21(2)29-23(17-24)19-34-37-29)18-25(38-20-22-10-7-8-11-26(22)35-30(38)40)14-15-39(33)31(41)42-27-12-9-13-28(36-27)43-32(3,4)5/h7-13,16-17,19,25H,6,14-15,18,20H2,1-5H3,(H,34,37)(H,35,40). The van der Waals surface area contributed by atoms with E-state index in [1.165, 1.54) is 0 Å². The Morgan fingerprint density at radius 1 is 1.12 bits per heavy atom. The van der Waals surface area contributed by atoms with E-state index >= 15 is 0 Å². The summed E-state index contributed by atoms with van der Waals surface area (Å²) < 4.78 is 11.8. The van der Waals surface area contributed by atoms with Gasteiger partial charge in [-0.2, -0.15) is 10.1 Å². The van der Waals surface area contributed by atoms with Crippen LogP contribution in [0.1, 0.15) is 63.6 Å². The summed E-state index contributed by atoms with van der Waals surface area (Å²) in [5.41, 5.74) is 3.71. The molecule has 2 unspecified atom stereocenters. The number of para-hydroxylation sites is 1. The maximum absolute atomic E-state index is 14.0. The minimum absolute atomic E-state index is 0.0978. The summed E-state index contributed by atoms with van der Waals surface area (Å²) >= 11 is 0. The maximum atomic E-state index is 14.0. The number of pyridine rings is 1.